The quantitative estimate of drug-likeness (QED) is 0.795. The highest BCUT2D eigenvalue weighted by molar-refractivity contribution is 5.79. The summed E-state index contributed by atoms with van der Waals surface area (Å²) in [7, 11) is 0. The molecule has 19 heavy (non-hydrogen) atoms. The van der Waals surface area contributed by atoms with Crippen molar-refractivity contribution in [3.8, 4) is 0 Å². The second-order valence-electron chi connectivity index (χ2n) is 4.42. The monoisotopic (exact) mass is 267 g/mol. The highest BCUT2D eigenvalue weighted by Gasteiger charge is 2.16. The van der Waals surface area contributed by atoms with Crippen LogP contribution in [0.5, 0.6) is 0 Å². The summed E-state index contributed by atoms with van der Waals surface area (Å²) in [5, 5.41) is 11.4. The molecule has 0 aromatic heterocycles. The topological polar surface area (TPSA) is 66.4 Å². The lowest BCUT2D eigenvalue weighted by Crippen LogP contribution is -2.37. The first-order valence-corrected chi connectivity index (χ1v) is 6.27. The zero-order valence-corrected chi connectivity index (χ0v) is 10.9. The van der Waals surface area contributed by atoms with Gasteiger partial charge in [-0.3, -0.25) is 9.59 Å². The summed E-state index contributed by atoms with van der Waals surface area (Å²) >= 11 is 0. The van der Waals surface area contributed by atoms with Gasteiger partial charge in [0.2, 0.25) is 5.91 Å². The fraction of sp³-hybridized carbons (Fsp3) is 0.429. The largest absolute Gasteiger partial charge is 0.481 e. The van der Waals surface area contributed by atoms with Gasteiger partial charge in [-0.25, -0.2) is 4.39 Å². The van der Waals surface area contributed by atoms with Crippen molar-refractivity contribution in [1.82, 2.24) is 5.32 Å². The third-order valence-corrected chi connectivity index (χ3v) is 2.73. The molecule has 1 amide bonds. The van der Waals surface area contributed by atoms with Gasteiger partial charge in [-0.05, 0) is 18.1 Å². The SMILES string of the molecule is CCC[C@H](CC(=O)O)NC(=O)Cc1ccccc1F. The van der Waals surface area contributed by atoms with E-state index in [2.05, 4.69) is 5.32 Å². The number of carboxylic acids is 1. The molecule has 1 atom stereocenters. The van der Waals surface area contributed by atoms with Crippen LogP contribution in [0.25, 0.3) is 0 Å². The van der Waals surface area contributed by atoms with Crippen LogP contribution in [-0.2, 0) is 16.0 Å². The Hall–Kier alpha value is -1.91. The smallest absolute Gasteiger partial charge is 0.305 e. The lowest BCUT2D eigenvalue weighted by atomic mass is 10.1. The fourth-order valence-corrected chi connectivity index (χ4v) is 1.88. The normalized spacial score (nSPS) is 11.9. The molecule has 0 radical (unpaired) electrons. The van der Waals surface area contributed by atoms with Crippen LogP contribution in [0.3, 0.4) is 0 Å². The van der Waals surface area contributed by atoms with Gasteiger partial charge in [0.1, 0.15) is 5.82 Å². The number of hydrogen-bond donors (Lipinski definition) is 2. The van der Waals surface area contributed by atoms with Crippen molar-refractivity contribution in [2.45, 2.75) is 38.6 Å². The van der Waals surface area contributed by atoms with Crippen LogP contribution >= 0.6 is 0 Å². The van der Waals surface area contributed by atoms with Crippen LogP contribution in [0.15, 0.2) is 24.3 Å². The van der Waals surface area contributed by atoms with Gasteiger partial charge in [-0.1, -0.05) is 31.5 Å². The molecule has 4 nitrogen and oxygen atoms in total. The van der Waals surface area contributed by atoms with Crippen molar-refractivity contribution in [2.24, 2.45) is 0 Å². The molecular weight excluding hydrogens is 249 g/mol. The number of carbonyl (C=O) groups excluding carboxylic acids is 1. The number of carboxylic acid groups (broad SMARTS) is 1. The Bertz CT molecular complexity index is 448. The van der Waals surface area contributed by atoms with E-state index in [1.165, 1.54) is 6.07 Å². The van der Waals surface area contributed by atoms with E-state index in [9.17, 15) is 14.0 Å². The van der Waals surface area contributed by atoms with Crippen molar-refractivity contribution in [1.29, 1.82) is 0 Å². The molecule has 0 aliphatic heterocycles. The van der Waals surface area contributed by atoms with E-state index in [-0.39, 0.29) is 18.7 Å². The minimum absolute atomic E-state index is 0.0769. The van der Waals surface area contributed by atoms with E-state index in [0.717, 1.165) is 6.42 Å². The molecular formula is C14H18FNO3. The molecule has 5 heteroatoms. The fourth-order valence-electron chi connectivity index (χ4n) is 1.88. The third-order valence-electron chi connectivity index (χ3n) is 2.73. The van der Waals surface area contributed by atoms with E-state index >= 15 is 0 Å². The molecule has 2 N–H and O–H groups in total. The average molecular weight is 267 g/mol. The molecule has 0 heterocycles. The molecule has 0 fully saturated rings. The van der Waals surface area contributed by atoms with Crippen LogP contribution in [-0.4, -0.2) is 23.0 Å². The molecule has 1 aromatic carbocycles. The average Bonchev–Trinajstić information content (AvgIpc) is 2.31. The Morgan fingerprint density at radius 3 is 2.63 bits per heavy atom. The van der Waals surface area contributed by atoms with E-state index in [0.29, 0.717) is 12.0 Å². The second-order valence-corrected chi connectivity index (χ2v) is 4.42. The molecule has 0 bridgehead atoms. The van der Waals surface area contributed by atoms with Crippen LogP contribution in [0.4, 0.5) is 4.39 Å². The number of amides is 1. The maximum absolute atomic E-state index is 13.4. The second kappa shape index (κ2) is 7.51. The van der Waals surface area contributed by atoms with Gasteiger partial charge >= 0.3 is 5.97 Å². The Morgan fingerprint density at radius 2 is 2.05 bits per heavy atom. The minimum Gasteiger partial charge on any atom is -0.481 e. The molecule has 0 spiro atoms. The first-order valence-electron chi connectivity index (χ1n) is 6.27. The zero-order valence-electron chi connectivity index (χ0n) is 10.9. The summed E-state index contributed by atoms with van der Waals surface area (Å²) in [5.41, 5.74) is 0.311. The number of benzene rings is 1. The Balaban J connectivity index is 2.57. The van der Waals surface area contributed by atoms with Crippen LogP contribution in [0.2, 0.25) is 0 Å². The predicted octanol–water partition coefficient (Wildman–Crippen LogP) is 2.13. The third kappa shape index (κ3) is 5.50. The molecule has 104 valence electrons. The number of rotatable bonds is 7. The Morgan fingerprint density at radius 1 is 1.37 bits per heavy atom. The van der Waals surface area contributed by atoms with Crippen molar-refractivity contribution >= 4 is 11.9 Å². The molecule has 1 aromatic rings. The number of halogens is 1. The van der Waals surface area contributed by atoms with Gasteiger partial charge in [0.25, 0.3) is 0 Å². The minimum atomic E-state index is -0.954. The van der Waals surface area contributed by atoms with Crippen LogP contribution < -0.4 is 5.32 Å². The maximum atomic E-state index is 13.4. The van der Waals surface area contributed by atoms with Gasteiger partial charge in [-0.2, -0.15) is 0 Å². The standard InChI is InChI=1S/C14H18FNO3/c1-2-5-11(9-14(18)19)16-13(17)8-10-6-3-4-7-12(10)15/h3-4,6-7,11H,2,5,8-9H2,1H3,(H,16,17)(H,18,19)/t11-/m1/s1. The van der Waals surface area contributed by atoms with Gasteiger partial charge < -0.3 is 10.4 Å². The van der Waals surface area contributed by atoms with Gasteiger partial charge in [0.05, 0.1) is 12.8 Å². The summed E-state index contributed by atoms with van der Waals surface area (Å²) < 4.78 is 13.4. The van der Waals surface area contributed by atoms with Crippen LogP contribution in [0, 0.1) is 5.82 Å². The van der Waals surface area contributed by atoms with E-state index < -0.39 is 17.8 Å². The number of carbonyl (C=O) groups is 2. The first kappa shape index (κ1) is 15.1. The number of nitrogens with one attached hydrogen (secondary N) is 1. The van der Waals surface area contributed by atoms with Gasteiger partial charge in [0, 0.05) is 6.04 Å². The predicted molar refractivity (Wildman–Crippen MR) is 69.2 cm³/mol. The summed E-state index contributed by atoms with van der Waals surface area (Å²) in [6, 6.07) is 5.65. The van der Waals surface area contributed by atoms with E-state index in [1.54, 1.807) is 18.2 Å². The molecule has 0 unspecified atom stereocenters. The Labute approximate surface area is 111 Å². The molecule has 0 aliphatic carbocycles. The summed E-state index contributed by atoms with van der Waals surface area (Å²) in [5.74, 6) is -1.74. The lowest BCUT2D eigenvalue weighted by Gasteiger charge is -2.16. The van der Waals surface area contributed by atoms with Gasteiger partial charge in [-0.15, -0.1) is 0 Å². The summed E-state index contributed by atoms with van der Waals surface area (Å²) in [6.07, 6.45) is 1.18. The first-order chi connectivity index (χ1) is 9.02. The summed E-state index contributed by atoms with van der Waals surface area (Å²) in [6.45, 7) is 1.91. The van der Waals surface area contributed by atoms with Gasteiger partial charge in [0.15, 0.2) is 0 Å². The van der Waals surface area contributed by atoms with E-state index in [1.807, 2.05) is 6.92 Å². The van der Waals surface area contributed by atoms with Crippen molar-refractivity contribution in [3.63, 3.8) is 0 Å². The van der Waals surface area contributed by atoms with Crippen LogP contribution in [0.1, 0.15) is 31.7 Å². The highest BCUT2D eigenvalue weighted by atomic mass is 19.1. The van der Waals surface area contributed by atoms with Crippen molar-refractivity contribution in [3.05, 3.63) is 35.6 Å². The lowest BCUT2D eigenvalue weighted by molar-refractivity contribution is -0.137. The zero-order chi connectivity index (χ0) is 14.3. The summed E-state index contributed by atoms with van der Waals surface area (Å²) in [4.78, 5) is 22.4. The maximum Gasteiger partial charge on any atom is 0.305 e. The number of aliphatic carboxylic acids is 1. The number of hydrogen-bond acceptors (Lipinski definition) is 2. The molecule has 0 aliphatic rings. The molecule has 0 saturated carbocycles. The van der Waals surface area contributed by atoms with E-state index in [4.69, 9.17) is 5.11 Å². The molecule has 0 saturated heterocycles. The van der Waals surface area contributed by atoms with Crippen molar-refractivity contribution in [2.75, 3.05) is 0 Å². The van der Waals surface area contributed by atoms with Crippen molar-refractivity contribution < 1.29 is 19.1 Å². The highest BCUT2D eigenvalue weighted by Crippen LogP contribution is 2.08. The Kier molecular flexibility index (Phi) is 5.99. The molecule has 1 rings (SSSR count).